The minimum absolute atomic E-state index is 0.238. The van der Waals surface area contributed by atoms with Gasteiger partial charge in [-0.2, -0.15) is 9.78 Å². The number of nitrogens with zero attached hydrogens (tertiary/aromatic N) is 3. The van der Waals surface area contributed by atoms with Crippen LogP contribution in [0.4, 0.5) is 5.82 Å². The quantitative estimate of drug-likeness (QED) is 0.472. The molecule has 8 heteroatoms. The maximum atomic E-state index is 12.7. The molecule has 1 amide bonds. The monoisotopic (exact) mass is 390 g/mol. The van der Waals surface area contributed by atoms with Gasteiger partial charge < -0.3 is 14.2 Å². The molecule has 1 aromatic carbocycles. The number of nitrogens with one attached hydrogen (secondary N) is 1. The highest BCUT2D eigenvalue weighted by Crippen LogP contribution is 2.27. The zero-order chi connectivity index (χ0) is 19.1. The van der Waals surface area contributed by atoms with E-state index in [4.69, 9.17) is 8.83 Å². The van der Waals surface area contributed by atoms with Crippen LogP contribution in [-0.2, 0) is 0 Å². The van der Waals surface area contributed by atoms with Crippen molar-refractivity contribution >= 4 is 34.0 Å². The summed E-state index contributed by atoms with van der Waals surface area (Å²) in [5, 5.41) is 10.7. The van der Waals surface area contributed by atoms with E-state index in [9.17, 15) is 4.79 Å². The molecule has 0 atom stereocenters. The van der Waals surface area contributed by atoms with Gasteiger partial charge in [0.15, 0.2) is 11.5 Å². The second kappa shape index (κ2) is 6.50. The molecule has 0 bridgehead atoms. The zero-order valence-corrected chi connectivity index (χ0v) is 15.6. The summed E-state index contributed by atoms with van der Waals surface area (Å²) in [6.45, 7) is 1.86. The van der Waals surface area contributed by atoms with E-state index in [0.29, 0.717) is 28.0 Å². The van der Waals surface area contributed by atoms with Crippen molar-refractivity contribution in [2.45, 2.75) is 6.92 Å². The van der Waals surface area contributed by atoms with Gasteiger partial charge in [0.25, 0.3) is 5.91 Å². The summed E-state index contributed by atoms with van der Waals surface area (Å²) in [6, 6.07) is 14.7. The van der Waals surface area contributed by atoms with Gasteiger partial charge in [-0.15, -0.1) is 11.3 Å². The van der Waals surface area contributed by atoms with Crippen LogP contribution in [0, 0.1) is 6.92 Å². The highest BCUT2D eigenvalue weighted by molar-refractivity contribution is 7.12. The first-order chi connectivity index (χ1) is 13.7. The largest absolute Gasteiger partial charge is 0.463 e. The van der Waals surface area contributed by atoms with Gasteiger partial charge in [-0.3, -0.25) is 4.79 Å². The van der Waals surface area contributed by atoms with E-state index in [2.05, 4.69) is 15.4 Å². The van der Waals surface area contributed by atoms with Crippen LogP contribution in [0.3, 0.4) is 0 Å². The van der Waals surface area contributed by atoms with Gasteiger partial charge in [0, 0.05) is 16.8 Å². The fourth-order valence-electron chi connectivity index (χ4n) is 2.91. The van der Waals surface area contributed by atoms with Crippen LogP contribution < -0.4 is 5.32 Å². The summed E-state index contributed by atoms with van der Waals surface area (Å²) in [5.41, 5.74) is 2.14. The third kappa shape index (κ3) is 2.89. The Morgan fingerprint density at radius 1 is 1.18 bits per heavy atom. The molecule has 0 saturated heterocycles. The van der Waals surface area contributed by atoms with Crippen molar-refractivity contribution < 1.29 is 13.6 Å². The SMILES string of the molecule is Cc1cc(NC(=O)c2cc3ccccc3o2)n(-c2nc(-c3ccco3)cs2)n1. The minimum Gasteiger partial charge on any atom is -0.463 e. The van der Waals surface area contributed by atoms with Crippen LogP contribution in [0.1, 0.15) is 16.2 Å². The number of carbonyl (C=O) groups excluding carboxylic acids is 1. The average Bonchev–Trinajstić information content (AvgIpc) is 3.47. The third-order valence-electron chi connectivity index (χ3n) is 4.17. The average molecular weight is 390 g/mol. The molecule has 0 radical (unpaired) electrons. The Balaban J connectivity index is 1.46. The molecular formula is C20H14N4O3S. The number of benzene rings is 1. The van der Waals surface area contributed by atoms with Crippen LogP contribution in [0.25, 0.3) is 27.6 Å². The molecule has 0 aliphatic rings. The number of carbonyl (C=O) groups is 1. The number of amides is 1. The predicted molar refractivity (Wildman–Crippen MR) is 106 cm³/mol. The Kier molecular flexibility index (Phi) is 3.84. The van der Waals surface area contributed by atoms with E-state index < -0.39 is 0 Å². The molecule has 5 rings (SSSR count). The number of hydrogen-bond acceptors (Lipinski definition) is 6. The minimum atomic E-state index is -0.347. The Labute approximate surface area is 163 Å². The molecule has 0 saturated carbocycles. The molecule has 7 nitrogen and oxygen atoms in total. The Morgan fingerprint density at radius 3 is 2.89 bits per heavy atom. The molecule has 4 aromatic heterocycles. The highest BCUT2D eigenvalue weighted by atomic mass is 32.1. The van der Waals surface area contributed by atoms with Crippen molar-refractivity contribution in [3.05, 3.63) is 71.6 Å². The van der Waals surface area contributed by atoms with Gasteiger partial charge in [-0.25, -0.2) is 4.98 Å². The van der Waals surface area contributed by atoms with Crippen molar-refractivity contribution in [2.75, 3.05) is 5.32 Å². The maximum absolute atomic E-state index is 12.7. The molecule has 1 N–H and O–H groups in total. The van der Waals surface area contributed by atoms with Crippen molar-refractivity contribution in [1.29, 1.82) is 0 Å². The van der Waals surface area contributed by atoms with Gasteiger partial charge >= 0.3 is 0 Å². The lowest BCUT2D eigenvalue weighted by atomic mass is 10.2. The Morgan fingerprint density at radius 2 is 2.07 bits per heavy atom. The first kappa shape index (κ1) is 16.5. The van der Waals surface area contributed by atoms with Crippen LogP contribution in [-0.4, -0.2) is 20.7 Å². The maximum Gasteiger partial charge on any atom is 0.292 e. The molecule has 5 aromatic rings. The second-order valence-corrected chi connectivity index (χ2v) is 7.01. The number of thiazole rings is 1. The number of anilines is 1. The van der Waals surface area contributed by atoms with E-state index in [1.54, 1.807) is 23.1 Å². The first-order valence-electron chi connectivity index (χ1n) is 8.54. The van der Waals surface area contributed by atoms with Crippen LogP contribution in [0.15, 0.2) is 69.0 Å². The van der Waals surface area contributed by atoms with Crippen LogP contribution in [0.5, 0.6) is 0 Å². The number of furan rings is 2. The van der Waals surface area contributed by atoms with E-state index in [0.717, 1.165) is 11.1 Å². The fraction of sp³-hybridized carbons (Fsp3) is 0.0500. The van der Waals surface area contributed by atoms with Gasteiger partial charge in [0.05, 0.1) is 12.0 Å². The standard InChI is InChI=1S/C20H14N4O3S/c1-12-9-18(22-19(25)17-10-13-5-2-3-6-15(13)27-17)24(23-12)20-21-14(11-28-20)16-7-4-8-26-16/h2-11H,1H3,(H,22,25). The molecular weight excluding hydrogens is 376 g/mol. The van der Waals surface area contributed by atoms with Gasteiger partial charge in [0.1, 0.15) is 17.1 Å². The molecule has 28 heavy (non-hydrogen) atoms. The second-order valence-electron chi connectivity index (χ2n) is 6.18. The predicted octanol–water partition coefficient (Wildman–Crippen LogP) is 4.90. The Hall–Kier alpha value is -3.65. The summed E-state index contributed by atoms with van der Waals surface area (Å²) < 4.78 is 12.6. The normalized spacial score (nSPS) is 11.2. The van der Waals surface area contributed by atoms with E-state index in [1.165, 1.54) is 11.3 Å². The summed E-state index contributed by atoms with van der Waals surface area (Å²) in [4.78, 5) is 17.3. The van der Waals surface area contributed by atoms with Crippen molar-refractivity contribution in [3.63, 3.8) is 0 Å². The lowest BCUT2D eigenvalue weighted by molar-refractivity contribution is 0.0998. The molecule has 138 valence electrons. The van der Waals surface area contributed by atoms with Crippen molar-refractivity contribution in [2.24, 2.45) is 0 Å². The number of hydrogen-bond donors (Lipinski definition) is 1. The number of para-hydroxylation sites is 1. The number of aromatic nitrogens is 3. The first-order valence-corrected chi connectivity index (χ1v) is 9.42. The van der Waals surface area contributed by atoms with E-state index in [1.807, 2.05) is 48.7 Å². The lowest BCUT2D eigenvalue weighted by Crippen LogP contribution is -2.14. The number of fused-ring (bicyclic) bond motifs is 1. The topological polar surface area (TPSA) is 86.1 Å². The fourth-order valence-corrected chi connectivity index (χ4v) is 3.68. The zero-order valence-electron chi connectivity index (χ0n) is 14.7. The third-order valence-corrected chi connectivity index (χ3v) is 4.99. The van der Waals surface area contributed by atoms with Crippen molar-refractivity contribution in [1.82, 2.24) is 14.8 Å². The van der Waals surface area contributed by atoms with Gasteiger partial charge in [0.2, 0.25) is 5.13 Å². The van der Waals surface area contributed by atoms with E-state index >= 15 is 0 Å². The molecule has 0 spiro atoms. The van der Waals surface area contributed by atoms with Crippen LogP contribution >= 0.6 is 11.3 Å². The van der Waals surface area contributed by atoms with Gasteiger partial charge in [-0.1, -0.05) is 18.2 Å². The Bertz CT molecular complexity index is 1250. The highest BCUT2D eigenvalue weighted by Gasteiger charge is 2.18. The lowest BCUT2D eigenvalue weighted by Gasteiger charge is -2.04. The molecule has 0 fully saturated rings. The molecule has 0 unspecified atom stereocenters. The van der Waals surface area contributed by atoms with Gasteiger partial charge in [-0.05, 0) is 31.2 Å². The molecule has 0 aliphatic carbocycles. The number of rotatable bonds is 4. The van der Waals surface area contributed by atoms with E-state index in [-0.39, 0.29) is 11.7 Å². The molecule has 0 aliphatic heterocycles. The summed E-state index contributed by atoms with van der Waals surface area (Å²) in [6.07, 6.45) is 1.60. The molecule has 4 heterocycles. The number of aryl methyl sites for hydroxylation is 1. The summed E-state index contributed by atoms with van der Waals surface area (Å²) in [5.74, 6) is 1.09. The van der Waals surface area contributed by atoms with Crippen molar-refractivity contribution in [3.8, 4) is 16.6 Å². The van der Waals surface area contributed by atoms with Crippen LogP contribution in [0.2, 0.25) is 0 Å². The summed E-state index contributed by atoms with van der Waals surface area (Å²) >= 11 is 1.41. The summed E-state index contributed by atoms with van der Waals surface area (Å²) in [7, 11) is 0. The smallest absolute Gasteiger partial charge is 0.292 e.